The smallest absolute Gasteiger partial charge is 0.239 e. The summed E-state index contributed by atoms with van der Waals surface area (Å²) in [5, 5.41) is 2.81. The maximum absolute atomic E-state index is 14.5. The summed E-state index contributed by atoms with van der Waals surface area (Å²) in [5.74, 6) is -2.26. The van der Waals surface area contributed by atoms with Crippen molar-refractivity contribution in [3.63, 3.8) is 0 Å². The highest BCUT2D eigenvalue weighted by Gasteiger charge is 2.19. The maximum Gasteiger partial charge on any atom is 0.239 e. The lowest BCUT2D eigenvalue weighted by Gasteiger charge is -2.12. The summed E-state index contributed by atoms with van der Waals surface area (Å²) < 4.78 is 48.7. The average molecular weight is 400 g/mol. The van der Waals surface area contributed by atoms with Crippen LogP contribution in [-0.2, 0) is 0 Å². The number of nitrogen functional groups attached to an aromatic ring is 1. The van der Waals surface area contributed by atoms with Crippen LogP contribution in [0.1, 0.15) is 5.82 Å². The summed E-state index contributed by atoms with van der Waals surface area (Å²) in [6, 6.07) is 8.53. The first-order valence-electron chi connectivity index (χ1n) is 8.46. The van der Waals surface area contributed by atoms with E-state index >= 15 is 0 Å². The lowest BCUT2D eigenvalue weighted by Crippen LogP contribution is -2.10. The lowest BCUT2D eigenvalue weighted by atomic mass is 10.3. The minimum Gasteiger partial charge on any atom is -0.497 e. The molecule has 0 aliphatic rings. The van der Waals surface area contributed by atoms with Gasteiger partial charge in [-0.2, -0.15) is 14.4 Å². The molecule has 0 unspecified atom stereocenters. The Labute approximate surface area is 163 Å². The summed E-state index contributed by atoms with van der Waals surface area (Å²) >= 11 is 0. The summed E-state index contributed by atoms with van der Waals surface area (Å²) in [5.41, 5.74) is 6.28. The van der Waals surface area contributed by atoms with Crippen molar-refractivity contribution in [3.8, 4) is 11.7 Å². The third-order valence-electron chi connectivity index (χ3n) is 4.26. The number of fused-ring (bicyclic) bond motifs is 1. The van der Waals surface area contributed by atoms with E-state index in [1.165, 1.54) is 11.7 Å². The molecule has 10 heteroatoms. The number of halogens is 3. The highest BCUT2D eigenvalue weighted by molar-refractivity contribution is 5.78. The first-order chi connectivity index (χ1) is 13.9. The molecule has 0 fully saturated rings. The molecule has 0 amide bonds. The van der Waals surface area contributed by atoms with E-state index in [4.69, 9.17) is 10.5 Å². The second-order valence-electron chi connectivity index (χ2n) is 6.17. The Morgan fingerprint density at radius 2 is 1.76 bits per heavy atom. The zero-order valence-electron chi connectivity index (χ0n) is 15.4. The molecule has 2 heterocycles. The van der Waals surface area contributed by atoms with Crippen LogP contribution in [0.25, 0.3) is 17.0 Å². The molecular weight excluding hydrogens is 385 g/mol. The number of hydrogen-bond acceptors (Lipinski definition) is 6. The van der Waals surface area contributed by atoms with Gasteiger partial charge in [0.05, 0.1) is 12.6 Å². The van der Waals surface area contributed by atoms with Gasteiger partial charge < -0.3 is 15.8 Å². The van der Waals surface area contributed by atoms with Gasteiger partial charge in [-0.3, -0.25) is 4.57 Å². The molecule has 3 N–H and O–H groups in total. The van der Waals surface area contributed by atoms with E-state index in [1.54, 1.807) is 31.2 Å². The number of nitrogens with one attached hydrogen (secondary N) is 1. The van der Waals surface area contributed by atoms with Crippen LogP contribution in [0.5, 0.6) is 5.75 Å². The number of hydrogen-bond donors (Lipinski definition) is 2. The van der Waals surface area contributed by atoms with Crippen LogP contribution in [0.3, 0.4) is 0 Å². The van der Waals surface area contributed by atoms with Gasteiger partial charge in [-0.15, -0.1) is 0 Å². The molecule has 2 aromatic heterocycles. The second kappa shape index (κ2) is 6.97. The molecule has 0 aliphatic carbocycles. The Balaban J connectivity index is 1.84. The lowest BCUT2D eigenvalue weighted by molar-refractivity contribution is 0.415. The molecule has 0 saturated carbocycles. The van der Waals surface area contributed by atoms with Crippen molar-refractivity contribution in [2.75, 3.05) is 18.2 Å². The van der Waals surface area contributed by atoms with Crippen molar-refractivity contribution in [2.45, 2.75) is 6.92 Å². The number of rotatable bonds is 4. The molecule has 0 saturated heterocycles. The Morgan fingerprint density at radius 3 is 2.45 bits per heavy atom. The number of anilines is 3. The van der Waals surface area contributed by atoms with Gasteiger partial charge >= 0.3 is 0 Å². The van der Waals surface area contributed by atoms with E-state index < -0.39 is 23.3 Å². The highest BCUT2D eigenvalue weighted by Crippen LogP contribution is 2.27. The topological polar surface area (TPSA) is 90.9 Å². The van der Waals surface area contributed by atoms with E-state index in [0.717, 1.165) is 12.1 Å². The summed E-state index contributed by atoms with van der Waals surface area (Å²) in [7, 11) is 1.53. The zero-order chi connectivity index (χ0) is 20.7. The van der Waals surface area contributed by atoms with Crippen LogP contribution in [0, 0.1) is 24.4 Å². The standard InChI is InChI=1S/C19H15F3N6O/c1-9-24-16-13(21)7-10(20)8-14(16)28(9)19-26-17(23)15(22)18(27-19)25-11-3-5-12(29-2)6-4-11/h3-8H,1-2H3,(H3,23,25,26,27). The number of imidazole rings is 1. The Morgan fingerprint density at radius 1 is 1.03 bits per heavy atom. The van der Waals surface area contributed by atoms with Crippen LogP contribution >= 0.6 is 0 Å². The van der Waals surface area contributed by atoms with E-state index in [2.05, 4.69) is 20.3 Å². The van der Waals surface area contributed by atoms with Gasteiger partial charge in [0, 0.05) is 17.8 Å². The van der Waals surface area contributed by atoms with Crippen LogP contribution in [0.15, 0.2) is 36.4 Å². The second-order valence-corrected chi connectivity index (χ2v) is 6.17. The van der Waals surface area contributed by atoms with Crippen LogP contribution in [-0.4, -0.2) is 26.6 Å². The quantitative estimate of drug-likeness (QED) is 0.540. The van der Waals surface area contributed by atoms with Crippen LogP contribution in [0.2, 0.25) is 0 Å². The summed E-state index contributed by atoms with van der Waals surface area (Å²) in [6.07, 6.45) is 0. The summed E-state index contributed by atoms with van der Waals surface area (Å²) in [6.45, 7) is 1.57. The van der Waals surface area contributed by atoms with Gasteiger partial charge in [0.2, 0.25) is 11.8 Å². The Bertz CT molecular complexity index is 1220. The minimum absolute atomic E-state index is 0.0555. The predicted molar refractivity (Wildman–Crippen MR) is 102 cm³/mol. The molecule has 0 bridgehead atoms. The molecule has 0 aliphatic heterocycles. The number of nitrogens with zero attached hydrogens (tertiary/aromatic N) is 4. The van der Waals surface area contributed by atoms with E-state index in [-0.39, 0.29) is 28.6 Å². The van der Waals surface area contributed by atoms with Crippen molar-refractivity contribution in [2.24, 2.45) is 0 Å². The third kappa shape index (κ3) is 3.28. The Kier molecular flexibility index (Phi) is 4.45. The van der Waals surface area contributed by atoms with Crippen molar-refractivity contribution in [3.05, 3.63) is 59.7 Å². The molecule has 0 atom stereocenters. The number of methoxy groups -OCH3 is 1. The monoisotopic (exact) mass is 400 g/mol. The highest BCUT2D eigenvalue weighted by atomic mass is 19.1. The molecule has 4 rings (SSSR count). The van der Waals surface area contributed by atoms with Gasteiger partial charge in [-0.25, -0.2) is 13.8 Å². The molecule has 0 radical (unpaired) electrons. The first kappa shape index (κ1) is 18.5. The van der Waals surface area contributed by atoms with Gasteiger partial charge in [0.1, 0.15) is 22.9 Å². The number of benzene rings is 2. The number of ether oxygens (including phenoxy) is 1. The molecule has 7 nitrogen and oxygen atoms in total. The maximum atomic E-state index is 14.5. The van der Waals surface area contributed by atoms with Crippen LogP contribution < -0.4 is 15.8 Å². The van der Waals surface area contributed by atoms with Crippen LogP contribution in [0.4, 0.5) is 30.5 Å². The largest absolute Gasteiger partial charge is 0.497 e. The number of aryl methyl sites for hydroxylation is 1. The first-order valence-corrected chi connectivity index (χ1v) is 8.46. The van der Waals surface area contributed by atoms with Crippen molar-refractivity contribution in [1.82, 2.24) is 19.5 Å². The third-order valence-corrected chi connectivity index (χ3v) is 4.26. The molecule has 148 valence electrons. The molecule has 4 aromatic rings. The molecule has 0 spiro atoms. The summed E-state index contributed by atoms with van der Waals surface area (Å²) in [4.78, 5) is 12.2. The minimum atomic E-state index is -0.857. The zero-order valence-corrected chi connectivity index (χ0v) is 15.4. The molecule has 2 aromatic carbocycles. The van der Waals surface area contributed by atoms with Gasteiger partial charge in [0.25, 0.3) is 0 Å². The van der Waals surface area contributed by atoms with E-state index in [9.17, 15) is 13.2 Å². The molecule has 29 heavy (non-hydrogen) atoms. The van der Waals surface area contributed by atoms with Gasteiger partial charge in [-0.1, -0.05) is 0 Å². The predicted octanol–water partition coefficient (Wildman–Crippen LogP) is 3.88. The number of aromatic nitrogens is 4. The van der Waals surface area contributed by atoms with Crippen molar-refractivity contribution < 1.29 is 17.9 Å². The SMILES string of the molecule is COc1ccc(Nc2nc(-n3c(C)nc4c(F)cc(F)cc43)nc(N)c2F)cc1. The molecular formula is C19H15F3N6O. The van der Waals surface area contributed by atoms with Gasteiger partial charge in [0.15, 0.2) is 17.5 Å². The van der Waals surface area contributed by atoms with E-state index in [1.807, 2.05) is 0 Å². The fraction of sp³-hybridized carbons (Fsp3) is 0.105. The van der Waals surface area contributed by atoms with Gasteiger partial charge in [-0.05, 0) is 31.2 Å². The fourth-order valence-electron chi connectivity index (χ4n) is 2.92. The fourth-order valence-corrected chi connectivity index (χ4v) is 2.92. The Hall–Kier alpha value is -3.82. The normalized spacial score (nSPS) is 11.1. The van der Waals surface area contributed by atoms with Crippen molar-refractivity contribution in [1.29, 1.82) is 0 Å². The average Bonchev–Trinajstić information content (AvgIpc) is 3.02. The van der Waals surface area contributed by atoms with E-state index in [0.29, 0.717) is 11.4 Å². The number of nitrogens with two attached hydrogens (primary N) is 1. The van der Waals surface area contributed by atoms with Crippen molar-refractivity contribution >= 4 is 28.4 Å².